The Kier molecular flexibility index (Phi) is 65.9. The molecule has 0 heterocycles. The third-order valence-electron chi connectivity index (χ3n) is 16.4. The van der Waals surface area contributed by atoms with Gasteiger partial charge in [0.25, 0.3) is 0 Å². The number of hydrogen-bond acceptors (Lipinski definition) is 5. The van der Waals surface area contributed by atoms with Crippen molar-refractivity contribution in [2.75, 3.05) is 13.2 Å². The summed E-state index contributed by atoms with van der Waals surface area (Å²) >= 11 is 0. The van der Waals surface area contributed by atoms with E-state index < -0.39 is 12.1 Å². The van der Waals surface area contributed by atoms with Gasteiger partial charge in [0.15, 0.2) is 0 Å². The minimum Gasteiger partial charge on any atom is -0.466 e. The highest BCUT2D eigenvalue weighted by molar-refractivity contribution is 5.76. The smallest absolute Gasteiger partial charge is 0.305 e. The maximum absolute atomic E-state index is 12.5. The fraction of sp³-hybridized carbons (Fsp3) is 0.889. The van der Waals surface area contributed by atoms with Crippen LogP contribution in [0.5, 0.6) is 0 Å². The monoisotopic (exact) mass is 1100 g/mol. The molecule has 0 aliphatic carbocycles. The number of aliphatic hydroxyl groups is 2. The minimum atomic E-state index is -0.845. The number of allylic oxidation sites excluding steroid dienone is 5. The number of aliphatic hydroxyl groups excluding tert-OH is 2. The van der Waals surface area contributed by atoms with Crippen LogP contribution in [-0.2, 0) is 14.3 Å². The third-order valence-corrected chi connectivity index (χ3v) is 16.4. The molecule has 0 aromatic rings. The Bertz CT molecular complexity index is 1260. The number of esters is 1. The summed E-state index contributed by atoms with van der Waals surface area (Å²) in [5.41, 5.74) is 0. The third kappa shape index (κ3) is 63.3. The van der Waals surface area contributed by atoms with Crippen molar-refractivity contribution < 1.29 is 24.5 Å². The van der Waals surface area contributed by atoms with E-state index in [-0.39, 0.29) is 18.5 Å². The van der Waals surface area contributed by atoms with E-state index in [4.69, 9.17) is 4.74 Å². The van der Waals surface area contributed by atoms with Gasteiger partial charge in [0, 0.05) is 12.8 Å². The number of ether oxygens (including phenoxy) is 1. The number of hydrogen-bond donors (Lipinski definition) is 3. The summed E-state index contributed by atoms with van der Waals surface area (Å²) in [7, 11) is 0. The zero-order chi connectivity index (χ0) is 56.4. The second-order valence-electron chi connectivity index (χ2n) is 24.2. The Hall–Kier alpha value is -1.92. The van der Waals surface area contributed by atoms with Crippen LogP contribution in [0.25, 0.3) is 0 Å². The Balaban J connectivity index is 3.40. The van der Waals surface area contributed by atoms with Crippen LogP contribution in [0.4, 0.5) is 0 Å². The van der Waals surface area contributed by atoms with Crippen molar-refractivity contribution >= 4 is 11.9 Å². The molecule has 0 aromatic heterocycles. The summed E-state index contributed by atoms with van der Waals surface area (Å²) in [5, 5.41) is 23.2. The number of carbonyl (C=O) groups excluding carboxylic acids is 2. The highest BCUT2D eigenvalue weighted by Crippen LogP contribution is 2.19. The molecule has 6 heteroatoms. The number of carbonyl (C=O) groups is 2. The molecule has 0 saturated carbocycles. The molecule has 2 atom stereocenters. The van der Waals surface area contributed by atoms with Crippen LogP contribution in [0.1, 0.15) is 386 Å². The molecule has 78 heavy (non-hydrogen) atoms. The molecule has 0 aliphatic heterocycles. The highest BCUT2D eigenvalue weighted by Gasteiger charge is 2.18. The molecule has 0 radical (unpaired) electrons. The lowest BCUT2D eigenvalue weighted by atomic mass is 10.0. The van der Waals surface area contributed by atoms with Gasteiger partial charge in [-0.05, 0) is 64.2 Å². The zero-order valence-electron chi connectivity index (χ0n) is 52.7. The lowest BCUT2D eigenvalue weighted by Crippen LogP contribution is -2.45. The molecule has 0 saturated heterocycles. The van der Waals surface area contributed by atoms with E-state index >= 15 is 0 Å². The molecule has 0 aromatic carbocycles. The van der Waals surface area contributed by atoms with E-state index in [1.165, 1.54) is 308 Å². The summed E-state index contributed by atoms with van der Waals surface area (Å²) in [6.45, 7) is 4.92. The molecule has 1 amide bonds. The number of nitrogens with one attached hydrogen (secondary N) is 1. The van der Waals surface area contributed by atoms with Gasteiger partial charge < -0.3 is 20.3 Å². The number of unbranched alkanes of at least 4 members (excludes halogenated alkanes) is 51. The largest absolute Gasteiger partial charge is 0.466 e. The van der Waals surface area contributed by atoms with Crippen LogP contribution >= 0.6 is 0 Å². The van der Waals surface area contributed by atoms with E-state index in [9.17, 15) is 19.8 Å². The molecule has 2 unspecified atom stereocenters. The van der Waals surface area contributed by atoms with Gasteiger partial charge >= 0.3 is 5.97 Å². The Labute approximate surface area is 487 Å². The summed E-state index contributed by atoms with van der Waals surface area (Å²) < 4.78 is 5.50. The second kappa shape index (κ2) is 67.6. The van der Waals surface area contributed by atoms with Crippen molar-refractivity contribution in [2.24, 2.45) is 0 Å². The molecule has 0 fully saturated rings. The Morgan fingerprint density at radius 1 is 0.359 bits per heavy atom. The van der Waals surface area contributed by atoms with Gasteiger partial charge in [-0.25, -0.2) is 0 Å². The van der Waals surface area contributed by atoms with Crippen LogP contribution in [0.2, 0.25) is 0 Å². The van der Waals surface area contributed by atoms with Gasteiger partial charge in [0.2, 0.25) is 5.91 Å². The normalized spacial score (nSPS) is 12.7. The lowest BCUT2D eigenvalue weighted by Gasteiger charge is -2.20. The van der Waals surface area contributed by atoms with Crippen molar-refractivity contribution in [1.82, 2.24) is 5.32 Å². The predicted molar refractivity (Wildman–Crippen MR) is 343 cm³/mol. The van der Waals surface area contributed by atoms with E-state index in [1.807, 2.05) is 6.08 Å². The molecule has 0 rings (SSSR count). The highest BCUT2D eigenvalue weighted by atomic mass is 16.5. The number of amides is 1. The summed E-state index contributed by atoms with van der Waals surface area (Å²) in [6, 6.07) is -0.629. The Morgan fingerprint density at radius 2 is 0.641 bits per heavy atom. The summed E-state index contributed by atoms with van der Waals surface area (Å²) in [6.07, 6.45) is 86.4. The first kappa shape index (κ1) is 76.1. The predicted octanol–water partition coefficient (Wildman–Crippen LogP) is 22.7. The molecule has 6 nitrogen and oxygen atoms in total. The zero-order valence-corrected chi connectivity index (χ0v) is 52.7. The van der Waals surface area contributed by atoms with E-state index in [1.54, 1.807) is 6.08 Å². The minimum absolute atomic E-state index is 0.00713. The average Bonchev–Trinajstić information content (AvgIpc) is 3.44. The molecule has 0 spiro atoms. The van der Waals surface area contributed by atoms with Crippen molar-refractivity contribution in [3.8, 4) is 0 Å². The first-order chi connectivity index (χ1) is 38.5. The molecule has 3 N–H and O–H groups in total. The van der Waals surface area contributed by atoms with Crippen molar-refractivity contribution in [1.29, 1.82) is 0 Å². The molecule has 0 aliphatic rings. The summed E-state index contributed by atoms with van der Waals surface area (Å²) in [4.78, 5) is 24.6. The van der Waals surface area contributed by atoms with Gasteiger partial charge in [0.05, 0.1) is 25.4 Å². The molecular weight excluding hydrogens is 959 g/mol. The molecular formula is C72H137NO5. The second-order valence-corrected chi connectivity index (χ2v) is 24.2. The van der Waals surface area contributed by atoms with Crippen LogP contribution in [0, 0.1) is 0 Å². The van der Waals surface area contributed by atoms with Gasteiger partial charge in [-0.3, -0.25) is 9.59 Å². The first-order valence-electron chi connectivity index (χ1n) is 35.3. The van der Waals surface area contributed by atoms with E-state index in [2.05, 4.69) is 43.5 Å². The van der Waals surface area contributed by atoms with Crippen molar-refractivity contribution in [3.05, 3.63) is 36.5 Å². The van der Waals surface area contributed by atoms with E-state index in [0.29, 0.717) is 19.4 Å². The van der Waals surface area contributed by atoms with Gasteiger partial charge in [-0.2, -0.15) is 0 Å². The van der Waals surface area contributed by atoms with Crippen LogP contribution < -0.4 is 5.32 Å². The molecule has 460 valence electrons. The maximum Gasteiger partial charge on any atom is 0.305 e. The van der Waals surface area contributed by atoms with Crippen molar-refractivity contribution in [3.63, 3.8) is 0 Å². The fourth-order valence-electron chi connectivity index (χ4n) is 11.0. The average molecular weight is 1100 g/mol. The quantitative estimate of drug-likeness (QED) is 0.0320. The summed E-state index contributed by atoms with van der Waals surface area (Å²) in [5.74, 6) is -0.0570. The number of rotatable bonds is 66. The maximum atomic E-state index is 12.5. The fourth-order valence-corrected chi connectivity index (χ4v) is 11.0. The van der Waals surface area contributed by atoms with Crippen LogP contribution in [0.3, 0.4) is 0 Å². The van der Waals surface area contributed by atoms with Gasteiger partial charge in [-0.1, -0.05) is 346 Å². The van der Waals surface area contributed by atoms with Crippen LogP contribution in [0.15, 0.2) is 36.5 Å². The van der Waals surface area contributed by atoms with Gasteiger partial charge in [-0.15, -0.1) is 0 Å². The first-order valence-corrected chi connectivity index (χ1v) is 35.3. The van der Waals surface area contributed by atoms with E-state index in [0.717, 1.165) is 51.4 Å². The SMILES string of the molecule is CCCCCC/C=C\C/C=C\CCCCCCCCCC(=O)OCCCCCCCCCCCCCCCCCCCCCCCCCC(=O)NC(CO)C(O)/C=C/CCCCCCCCCCCCCCCCCCCC. The standard InChI is InChI=1S/C72H137NO5/c1-3-5-7-9-11-13-15-17-19-21-23-29-32-36-40-44-48-52-56-60-64-70(75)69(68-74)73-71(76)65-61-57-53-49-45-41-37-33-30-27-25-24-26-28-31-35-39-43-47-51-55-59-63-67-78-72(77)66-62-58-54-50-46-42-38-34-22-20-18-16-14-12-10-8-6-4-2/h14,16,20,22,60,64,69-70,74-75H,3-13,15,17-19,21,23-59,61-63,65-68H2,1-2H3,(H,73,76)/b16-14-,22-20-,64-60+. The molecule has 0 bridgehead atoms. The van der Waals surface area contributed by atoms with Gasteiger partial charge in [0.1, 0.15) is 0 Å². The topological polar surface area (TPSA) is 95.9 Å². The lowest BCUT2D eigenvalue weighted by molar-refractivity contribution is -0.143. The Morgan fingerprint density at radius 3 is 0.987 bits per heavy atom. The van der Waals surface area contributed by atoms with Crippen molar-refractivity contribution in [2.45, 2.75) is 398 Å². The van der Waals surface area contributed by atoms with Crippen LogP contribution in [-0.4, -0.2) is 47.4 Å².